The SMILES string of the molecule is COc1cc([N+](=O)[O-])cc(C=C(C#N)C#N)c1OC(C)C(=O)O. The topological polar surface area (TPSA) is 146 Å². The Bertz CT molecular complexity index is 741. The van der Waals surface area contributed by atoms with Gasteiger partial charge in [-0.15, -0.1) is 0 Å². The summed E-state index contributed by atoms with van der Waals surface area (Å²) in [5.41, 5.74) is -0.707. The van der Waals surface area contributed by atoms with E-state index in [1.54, 1.807) is 12.1 Å². The fourth-order valence-electron chi connectivity index (χ4n) is 1.57. The summed E-state index contributed by atoms with van der Waals surface area (Å²) >= 11 is 0. The van der Waals surface area contributed by atoms with Crippen LogP contribution in [0.3, 0.4) is 0 Å². The van der Waals surface area contributed by atoms with Crippen LogP contribution >= 0.6 is 0 Å². The summed E-state index contributed by atoms with van der Waals surface area (Å²) in [6.07, 6.45) is -0.218. The largest absolute Gasteiger partial charge is 0.493 e. The summed E-state index contributed by atoms with van der Waals surface area (Å²) in [4.78, 5) is 21.2. The molecule has 0 amide bonds. The number of allylic oxidation sites excluding steroid dienone is 1. The van der Waals surface area contributed by atoms with E-state index < -0.39 is 17.0 Å². The molecule has 0 aliphatic heterocycles. The molecule has 1 aromatic carbocycles. The number of nitrogens with zero attached hydrogens (tertiary/aromatic N) is 3. The number of nitro benzene ring substituents is 1. The van der Waals surface area contributed by atoms with Crippen LogP contribution in [0.2, 0.25) is 0 Å². The fourth-order valence-corrected chi connectivity index (χ4v) is 1.57. The highest BCUT2D eigenvalue weighted by Gasteiger charge is 2.22. The van der Waals surface area contributed by atoms with E-state index in [9.17, 15) is 14.9 Å². The van der Waals surface area contributed by atoms with E-state index in [1.807, 2.05) is 0 Å². The number of carbonyl (C=O) groups is 1. The third kappa shape index (κ3) is 4.19. The minimum atomic E-state index is -1.27. The average molecular weight is 317 g/mol. The number of methoxy groups -OCH3 is 1. The lowest BCUT2D eigenvalue weighted by molar-refractivity contribution is -0.385. The van der Waals surface area contributed by atoms with Crippen LogP contribution in [0.1, 0.15) is 12.5 Å². The van der Waals surface area contributed by atoms with Crippen LogP contribution in [0.4, 0.5) is 5.69 Å². The highest BCUT2D eigenvalue weighted by molar-refractivity contribution is 5.75. The van der Waals surface area contributed by atoms with Gasteiger partial charge < -0.3 is 14.6 Å². The fraction of sp³-hybridized carbons (Fsp3) is 0.214. The number of aliphatic carboxylic acids is 1. The number of hydrogen-bond acceptors (Lipinski definition) is 7. The molecule has 1 rings (SSSR count). The minimum absolute atomic E-state index is 0.0118. The van der Waals surface area contributed by atoms with Crippen molar-refractivity contribution < 1.29 is 24.3 Å². The lowest BCUT2D eigenvalue weighted by atomic mass is 10.1. The molecule has 0 spiro atoms. The van der Waals surface area contributed by atoms with Gasteiger partial charge in [-0.05, 0) is 13.0 Å². The maximum Gasteiger partial charge on any atom is 0.344 e. The molecular weight excluding hydrogens is 306 g/mol. The summed E-state index contributed by atoms with van der Waals surface area (Å²) in [5.74, 6) is -1.47. The standard InChI is InChI=1S/C14H11N3O6/c1-8(14(18)19)23-13-10(3-9(6-15)7-16)4-11(17(20)21)5-12(13)22-2/h3-5,8H,1-2H3,(H,18,19). The minimum Gasteiger partial charge on any atom is -0.493 e. The summed E-state index contributed by atoms with van der Waals surface area (Å²) in [5, 5.41) is 37.5. The summed E-state index contributed by atoms with van der Waals surface area (Å²) < 4.78 is 10.2. The first kappa shape index (κ1) is 17.5. The lowest BCUT2D eigenvalue weighted by Gasteiger charge is -2.16. The zero-order chi connectivity index (χ0) is 17.6. The molecule has 23 heavy (non-hydrogen) atoms. The van der Waals surface area contributed by atoms with E-state index in [-0.39, 0.29) is 28.3 Å². The summed E-state index contributed by atoms with van der Waals surface area (Å²) in [7, 11) is 1.22. The van der Waals surface area contributed by atoms with Gasteiger partial charge in [-0.1, -0.05) is 0 Å². The van der Waals surface area contributed by atoms with Crippen LogP contribution in [-0.4, -0.2) is 29.2 Å². The number of non-ortho nitro benzene ring substituents is 1. The molecule has 1 atom stereocenters. The van der Waals surface area contributed by atoms with Gasteiger partial charge in [0.2, 0.25) is 0 Å². The van der Waals surface area contributed by atoms with Crippen molar-refractivity contribution in [2.24, 2.45) is 0 Å². The van der Waals surface area contributed by atoms with E-state index in [1.165, 1.54) is 14.0 Å². The molecule has 0 aliphatic carbocycles. The first-order valence-corrected chi connectivity index (χ1v) is 6.11. The number of ether oxygens (including phenoxy) is 2. The molecule has 0 radical (unpaired) electrons. The zero-order valence-electron chi connectivity index (χ0n) is 12.1. The van der Waals surface area contributed by atoms with Crippen LogP contribution in [0.5, 0.6) is 11.5 Å². The molecule has 0 fully saturated rings. The van der Waals surface area contributed by atoms with Crippen molar-refractivity contribution in [3.63, 3.8) is 0 Å². The van der Waals surface area contributed by atoms with E-state index in [4.69, 9.17) is 25.1 Å². The Morgan fingerprint density at radius 2 is 2.04 bits per heavy atom. The van der Waals surface area contributed by atoms with E-state index in [0.29, 0.717) is 0 Å². The van der Waals surface area contributed by atoms with E-state index in [0.717, 1.165) is 18.2 Å². The Balaban J connectivity index is 3.60. The second kappa shape index (κ2) is 7.43. The summed E-state index contributed by atoms with van der Waals surface area (Å²) in [6.45, 7) is 1.26. The zero-order valence-corrected chi connectivity index (χ0v) is 12.1. The average Bonchev–Trinajstić information content (AvgIpc) is 2.52. The predicted octanol–water partition coefficient (Wildman–Crippen LogP) is 1.89. The predicted molar refractivity (Wildman–Crippen MR) is 76.6 cm³/mol. The van der Waals surface area contributed by atoms with Gasteiger partial charge in [-0.25, -0.2) is 4.79 Å². The molecule has 1 N–H and O–H groups in total. The normalized spacial score (nSPS) is 10.6. The molecule has 0 aliphatic rings. The van der Waals surface area contributed by atoms with E-state index in [2.05, 4.69) is 0 Å². The van der Waals surface area contributed by atoms with Crippen molar-refractivity contribution in [1.82, 2.24) is 0 Å². The quantitative estimate of drug-likeness (QED) is 0.475. The molecular formula is C14H11N3O6. The smallest absolute Gasteiger partial charge is 0.344 e. The number of carboxylic acid groups (broad SMARTS) is 1. The Kier molecular flexibility index (Phi) is 5.64. The number of benzene rings is 1. The molecule has 0 bridgehead atoms. The number of rotatable bonds is 6. The Morgan fingerprint density at radius 3 is 2.48 bits per heavy atom. The van der Waals surface area contributed by atoms with Crippen molar-refractivity contribution in [3.8, 4) is 23.6 Å². The van der Waals surface area contributed by atoms with Gasteiger partial charge in [0, 0.05) is 11.6 Å². The van der Waals surface area contributed by atoms with Crippen molar-refractivity contribution >= 4 is 17.7 Å². The molecule has 0 saturated heterocycles. The lowest BCUT2D eigenvalue weighted by Crippen LogP contribution is -2.23. The monoisotopic (exact) mass is 317 g/mol. The van der Waals surface area contributed by atoms with Crippen molar-refractivity contribution in [3.05, 3.63) is 33.4 Å². The third-order valence-corrected chi connectivity index (χ3v) is 2.68. The number of carboxylic acids is 1. The first-order chi connectivity index (χ1) is 10.8. The van der Waals surface area contributed by atoms with Gasteiger partial charge in [-0.2, -0.15) is 10.5 Å². The van der Waals surface area contributed by atoms with Crippen LogP contribution in [-0.2, 0) is 4.79 Å². The number of hydrogen-bond donors (Lipinski definition) is 1. The molecule has 9 nitrogen and oxygen atoms in total. The van der Waals surface area contributed by atoms with Crippen LogP contribution in [0.25, 0.3) is 6.08 Å². The van der Waals surface area contributed by atoms with Gasteiger partial charge in [0.1, 0.15) is 17.7 Å². The highest BCUT2D eigenvalue weighted by atomic mass is 16.6. The van der Waals surface area contributed by atoms with Crippen molar-refractivity contribution in [1.29, 1.82) is 10.5 Å². The Labute approximate surface area is 130 Å². The Morgan fingerprint density at radius 1 is 1.43 bits per heavy atom. The molecule has 0 aromatic heterocycles. The second-order valence-electron chi connectivity index (χ2n) is 4.20. The summed E-state index contributed by atoms with van der Waals surface area (Å²) in [6, 6.07) is 5.33. The molecule has 0 saturated carbocycles. The van der Waals surface area contributed by atoms with Gasteiger partial charge in [0.25, 0.3) is 5.69 Å². The number of nitriles is 2. The molecule has 1 aromatic rings. The Hall–Kier alpha value is -3.59. The third-order valence-electron chi connectivity index (χ3n) is 2.68. The van der Waals surface area contributed by atoms with Gasteiger partial charge in [-0.3, -0.25) is 10.1 Å². The maximum absolute atomic E-state index is 11.0. The molecule has 9 heteroatoms. The molecule has 1 unspecified atom stereocenters. The van der Waals surface area contributed by atoms with E-state index >= 15 is 0 Å². The second-order valence-corrected chi connectivity index (χ2v) is 4.20. The van der Waals surface area contributed by atoms with Crippen LogP contribution in [0, 0.1) is 32.8 Å². The van der Waals surface area contributed by atoms with Gasteiger partial charge in [0.05, 0.1) is 18.1 Å². The molecule has 0 heterocycles. The van der Waals surface area contributed by atoms with Gasteiger partial charge in [0.15, 0.2) is 17.6 Å². The number of nitro groups is 1. The maximum atomic E-state index is 11.0. The van der Waals surface area contributed by atoms with Gasteiger partial charge >= 0.3 is 5.97 Å². The first-order valence-electron chi connectivity index (χ1n) is 6.11. The highest BCUT2D eigenvalue weighted by Crippen LogP contribution is 2.37. The van der Waals surface area contributed by atoms with Crippen LogP contribution < -0.4 is 9.47 Å². The van der Waals surface area contributed by atoms with Crippen molar-refractivity contribution in [2.45, 2.75) is 13.0 Å². The van der Waals surface area contributed by atoms with Crippen LogP contribution in [0.15, 0.2) is 17.7 Å². The molecule has 118 valence electrons. The van der Waals surface area contributed by atoms with Crippen molar-refractivity contribution in [2.75, 3.05) is 7.11 Å².